The number of aliphatic hydroxyl groups is 1. The summed E-state index contributed by atoms with van der Waals surface area (Å²) >= 11 is 0. The van der Waals surface area contributed by atoms with Crippen molar-refractivity contribution in [2.24, 2.45) is 0 Å². The van der Waals surface area contributed by atoms with E-state index in [1.807, 2.05) is 30.3 Å². The summed E-state index contributed by atoms with van der Waals surface area (Å²) in [7, 11) is 1.53. The van der Waals surface area contributed by atoms with Gasteiger partial charge < -0.3 is 25.0 Å². The van der Waals surface area contributed by atoms with Crippen molar-refractivity contribution in [1.82, 2.24) is 9.80 Å². The van der Waals surface area contributed by atoms with Gasteiger partial charge in [-0.05, 0) is 54.1 Å². The lowest BCUT2D eigenvalue weighted by molar-refractivity contribution is -0.159. The lowest BCUT2D eigenvalue weighted by atomic mass is 9.73. The topological polar surface area (TPSA) is 82.1 Å². The van der Waals surface area contributed by atoms with Crippen LogP contribution >= 0.6 is 0 Å². The molecule has 0 aromatic heterocycles. The number of piperazine rings is 1. The SMILES string of the molecule is COc1ccccc1NC(=O)N1CC(=O)N2[C@@H](CO)[C@H](c3ccc(C#Cc4ccc(F)cc4)cc3)[C@@H]2C1. The molecule has 0 saturated carbocycles. The van der Waals surface area contributed by atoms with Gasteiger partial charge in [0, 0.05) is 23.6 Å². The van der Waals surface area contributed by atoms with Crippen LogP contribution in [0, 0.1) is 17.7 Å². The van der Waals surface area contributed by atoms with Crippen molar-refractivity contribution in [2.45, 2.75) is 18.0 Å². The second kappa shape index (κ2) is 10.3. The number of anilines is 1. The molecule has 2 aliphatic rings. The first kappa shape index (κ1) is 24.3. The van der Waals surface area contributed by atoms with Crippen molar-refractivity contribution in [3.63, 3.8) is 0 Å². The van der Waals surface area contributed by atoms with E-state index in [-0.39, 0.29) is 48.9 Å². The number of rotatable bonds is 4. The number of fused-ring (bicyclic) bond motifs is 1. The Labute approximate surface area is 214 Å². The zero-order chi connectivity index (χ0) is 25.9. The Kier molecular flexibility index (Phi) is 6.80. The van der Waals surface area contributed by atoms with Gasteiger partial charge in [-0.3, -0.25) is 4.79 Å². The van der Waals surface area contributed by atoms with Crippen molar-refractivity contribution >= 4 is 17.6 Å². The third-order valence-corrected chi connectivity index (χ3v) is 6.88. The molecule has 3 amide bonds. The highest BCUT2D eigenvalue weighted by Gasteiger charge is 2.54. The summed E-state index contributed by atoms with van der Waals surface area (Å²) in [4.78, 5) is 29.1. The van der Waals surface area contributed by atoms with Crippen LogP contribution in [-0.4, -0.2) is 65.7 Å². The van der Waals surface area contributed by atoms with E-state index in [1.54, 1.807) is 35.2 Å². The molecule has 2 aliphatic heterocycles. The maximum absolute atomic E-state index is 13.1. The molecule has 3 aromatic rings. The third-order valence-electron chi connectivity index (χ3n) is 6.88. The van der Waals surface area contributed by atoms with Crippen LogP contribution in [0.2, 0.25) is 0 Å². The number of carbonyl (C=O) groups is 2. The van der Waals surface area contributed by atoms with E-state index < -0.39 is 0 Å². The molecule has 0 unspecified atom stereocenters. The summed E-state index contributed by atoms with van der Waals surface area (Å²) in [5.74, 6) is 6.00. The lowest BCUT2D eigenvalue weighted by Gasteiger charge is -2.58. The smallest absolute Gasteiger partial charge is 0.322 e. The minimum atomic E-state index is -0.380. The molecule has 2 fully saturated rings. The molecular weight excluding hydrogens is 473 g/mol. The Balaban J connectivity index is 1.31. The van der Waals surface area contributed by atoms with Crippen LogP contribution in [-0.2, 0) is 4.79 Å². The quantitative estimate of drug-likeness (QED) is 0.539. The minimum absolute atomic E-state index is 0.0569. The summed E-state index contributed by atoms with van der Waals surface area (Å²) in [6, 6.07) is 19.8. The number of halogens is 1. The zero-order valence-electron chi connectivity index (χ0n) is 20.2. The Hall–Kier alpha value is -4.35. The van der Waals surface area contributed by atoms with Crippen molar-refractivity contribution in [1.29, 1.82) is 0 Å². The molecule has 0 bridgehead atoms. The van der Waals surface area contributed by atoms with Crippen LogP contribution < -0.4 is 10.1 Å². The number of ether oxygens (including phenoxy) is 1. The first-order valence-corrected chi connectivity index (χ1v) is 12.0. The fourth-order valence-corrected chi connectivity index (χ4v) is 5.06. The Bertz CT molecular complexity index is 1360. The minimum Gasteiger partial charge on any atom is -0.495 e. The van der Waals surface area contributed by atoms with Gasteiger partial charge in [0.2, 0.25) is 5.91 Å². The predicted octanol–water partition coefficient (Wildman–Crippen LogP) is 3.44. The second-order valence-electron chi connectivity index (χ2n) is 9.03. The number of aliphatic hydroxyl groups excluding tert-OH is 1. The fraction of sp³-hybridized carbons (Fsp3) is 0.241. The number of hydrogen-bond acceptors (Lipinski definition) is 4. The maximum Gasteiger partial charge on any atom is 0.322 e. The van der Waals surface area contributed by atoms with Crippen LogP contribution in [0.5, 0.6) is 5.75 Å². The highest BCUT2D eigenvalue weighted by molar-refractivity contribution is 5.94. The number of amides is 3. The van der Waals surface area contributed by atoms with E-state index in [0.29, 0.717) is 23.5 Å². The molecule has 0 spiro atoms. The number of carbonyl (C=O) groups excluding carboxylic acids is 2. The highest BCUT2D eigenvalue weighted by Crippen LogP contribution is 2.43. The maximum atomic E-state index is 13.1. The van der Waals surface area contributed by atoms with E-state index in [4.69, 9.17) is 4.74 Å². The molecule has 3 atom stereocenters. The molecule has 2 heterocycles. The Morgan fingerprint density at radius 3 is 2.35 bits per heavy atom. The first-order valence-electron chi connectivity index (χ1n) is 12.0. The number of nitrogens with zero attached hydrogens (tertiary/aromatic N) is 2. The monoisotopic (exact) mass is 499 g/mol. The molecule has 37 heavy (non-hydrogen) atoms. The van der Waals surface area contributed by atoms with E-state index >= 15 is 0 Å². The summed E-state index contributed by atoms with van der Waals surface area (Å²) < 4.78 is 18.4. The highest BCUT2D eigenvalue weighted by atomic mass is 19.1. The summed E-state index contributed by atoms with van der Waals surface area (Å²) in [6.07, 6.45) is 0. The lowest BCUT2D eigenvalue weighted by Crippen LogP contribution is -2.73. The van der Waals surface area contributed by atoms with Crippen molar-refractivity contribution in [3.05, 3.63) is 95.3 Å². The van der Waals surface area contributed by atoms with Gasteiger partial charge in [0.25, 0.3) is 0 Å². The number of urea groups is 1. The largest absolute Gasteiger partial charge is 0.495 e. The normalized spacial score (nSPS) is 20.3. The van der Waals surface area contributed by atoms with Crippen LogP contribution in [0.3, 0.4) is 0 Å². The zero-order valence-corrected chi connectivity index (χ0v) is 20.2. The van der Waals surface area contributed by atoms with E-state index in [1.165, 1.54) is 24.1 Å². The summed E-state index contributed by atoms with van der Waals surface area (Å²) in [6.45, 7) is 0.130. The molecule has 5 rings (SSSR count). The molecule has 2 N–H and O–H groups in total. The number of para-hydroxylation sites is 2. The van der Waals surface area contributed by atoms with E-state index in [0.717, 1.165) is 11.1 Å². The summed E-state index contributed by atoms with van der Waals surface area (Å²) in [5, 5.41) is 12.9. The van der Waals surface area contributed by atoms with Gasteiger partial charge in [-0.1, -0.05) is 36.1 Å². The number of hydrogen-bond donors (Lipinski definition) is 2. The van der Waals surface area contributed by atoms with E-state index in [2.05, 4.69) is 17.2 Å². The van der Waals surface area contributed by atoms with Crippen LogP contribution in [0.1, 0.15) is 22.6 Å². The van der Waals surface area contributed by atoms with Crippen LogP contribution in [0.15, 0.2) is 72.8 Å². The van der Waals surface area contributed by atoms with E-state index in [9.17, 15) is 19.1 Å². The first-order chi connectivity index (χ1) is 18.0. The fourth-order valence-electron chi connectivity index (χ4n) is 5.06. The van der Waals surface area contributed by atoms with Crippen LogP contribution in [0.25, 0.3) is 0 Å². The van der Waals surface area contributed by atoms with Crippen LogP contribution in [0.4, 0.5) is 14.9 Å². The van der Waals surface area contributed by atoms with Gasteiger partial charge >= 0.3 is 6.03 Å². The second-order valence-corrected chi connectivity index (χ2v) is 9.03. The predicted molar refractivity (Wildman–Crippen MR) is 137 cm³/mol. The molecular formula is C29H26FN3O4. The Morgan fingerprint density at radius 2 is 1.70 bits per heavy atom. The molecule has 3 aromatic carbocycles. The van der Waals surface area contributed by atoms with Gasteiger partial charge in [0.1, 0.15) is 18.1 Å². The van der Waals surface area contributed by atoms with Crippen molar-refractivity contribution < 1.29 is 23.8 Å². The number of nitrogens with one attached hydrogen (secondary N) is 1. The summed E-state index contributed by atoms with van der Waals surface area (Å²) in [5.41, 5.74) is 3.00. The molecule has 8 heteroatoms. The van der Waals surface area contributed by atoms with Gasteiger partial charge in [-0.2, -0.15) is 0 Å². The Morgan fingerprint density at radius 1 is 1.05 bits per heavy atom. The number of benzene rings is 3. The average molecular weight is 500 g/mol. The van der Waals surface area contributed by atoms with Crippen molar-refractivity contribution in [3.8, 4) is 17.6 Å². The van der Waals surface area contributed by atoms with Gasteiger partial charge in [0.05, 0.1) is 31.5 Å². The standard InChI is InChI=1S/C29H26FN3O4/c1-37-26-5-3-2-4-23(26)31-29(36)32-16-24-28(25(18-34)33(24)27(35)17-32)21-12-8-19(9-13-21)6-7-20-10-14-22(30)15-11-20/h2-5,8-15,24-25,28,34H,16-18H2,1H3,(H,31,36)/t24-,25-,28+/m0/s1. The van der Waals surface area contributed by atoms with Gasteiger partial charge in [-0.15, -0.1) is 0 Å². The molecule has 0 radical (unpaired) electrons. The average Bonchev–Trinajstić information content (AvgIpc) is 2.90. The number of methoxy groups -OCH3 is 1. The molecule has 0 aliphatic carbocycles. The third kappa shape index (κ3) is 4.86. The molecule has 7 nitrogen and oxygen atoms in total. The van der Waals surface area contributed by atoms with Crippen molar-refractivity contribution in [2.75, 3.05) is 32.1 Å². The van der Waals surface area contributed by atoms with Gasteiger partial charge in [-0.25, -0.2) is 9.18 Å². The van der Waals surface area contributed by atoms with Gasteiger partial charge in [0.15, 0.2) is 0 Å². The molecule has 188 valence electrons. The molecule has 2 saturated heterocycles.